The number of anilines is 1. The van der Waals surface area contributed by atoms with Gasteiger partial charge in [-0.2, -0.15) is 0 Å². The highest BCUT2D eigenvalue weighted by atomic mass is 35.5. The average molecular weight is 790 g/mol. The van der Waals surface area contributed by atoms with Crippen LogP contribution in [0.5, 0.6) is 0 Å². The Kier molecular flexibility index (Phi) is 14.4. The lowest BCUT2D eigenvalue weighted by Crippen LogP contribution is -2.57. The predicted molar refractivity (Wildman–Crippen MR) is 217 cm³/mol. The lowest BCUT2D eigenvalue weighted by atomic mass is 10.0. The second kappa shape index (κ2) is 19.6. The first-order chi connectivity index (χ1) is 26.8. The number of H-pyrrole nitrogens is 1. The number of nitrogens with zero attached hydrogens (tertiary/aromatic N) is 3. The van der Waals surface area contributed by atoms with Crippen molar-refractivity contribution in [1.29, 1.82) is 0 Å². The van der Waals surface area contributed by atoms with Gasteiger partial charge in [0.25, 0.3) is 0 Å². The number of aromatic amines is 1. The molecule has 0 radical (unpaired) electrons. The largest absolute Gasteiger partial charge is 0.378 e. The number of unbranched alkanes of at least 4 members (excludes halogenated alkanes) is 1. The van der Waals surface area contributed by atoms with Gasteiger partial charge in [0.2, 0.25) is 17.7 Å². The molecule has 13 nitrogen and oxygen atoms in total. The van der Waals surface area contributed by atoms with Crippen LogP contribution in [-0.2, 0) is 38.6 Å². The van der Waals surface area contributed by atoms with Crippen LogP contribution in [0.4, 0.5) is 5.82 Å². The molecule has 0 unspecified atom stereocenters. The molecule has 3 amide bonds. The lowest BCUT2D eigenvalue weighted by molar-refractivity contribution is -0.142. The number of benzene rings is 2. The molecule has 55 heavy (non-hydrogen) atoms. The number of nitrogens with one attached hydrogen (secondary N) is 4. The molecule has 1 fully saturated rings. The van der Waals surface area contributed by atoms with Gasteiger partial charge in [-0.05, 0) is 68.5 Å². The Hall–Kier alpha value is -4.18. The SMILES string of the molecule is CN1C(=O)[C@H](CCCCN)NC(=O)[C@H](CCCN)NCc2ccccc2Sc2c(N3CCOCC3)ncc(Cl)c2CNC(=O)[C@@H]1Cc1c[nH]c2ccccc12. The van der Waals surface area contributed by atoms with Gasteiger partial charge in [-0.25, -0.2) is 4.98 Å². The van der Waals surface area contributed by atoms with Crippen LogP contribution in [0.1, 0.15) is 48.8 Å². The van der Waals surface area contributed by atoms with E-state index in [1.54, 1.807) is 13.2 Å². The fraction of sp³-hybridized carbons (Fsp3) is 0.450. The van der Waals surface area contributed by atoms with Crippen LogP contribution < -0.4 is 32.3 Å². The molecule has 0 spiro atoms. The molecule has 294 valence electrons. The van der Waals surface area contributed by atoms with Gasteiger partial charge in [-0.15, -0.1) is 0 Å². The van der Waals surface area contributed by atoms with Crippen LogP contribution in [0.25, 0.3) is 10.9 Å². The molecule has 2 aromatic carbocycles. The Labute approximate surface area is 331 Å². The number of hydrogen-bond acceptors (Lipinski definition) is 10. The zero-order chi connectivity index (χ0) is 38.7. The van der Waals surface area contributed by atoms with Gasteiger partial charge >= 0.3 is 0 Å². The van der Waals surface area contributed by atoms with Gasteiger partial charge in [-0.1, -0.05) is 59.8 Å². The zero-order valence-corrected chi connectivity index (χ0v) is 32.9. The van der Waals surface area contributed by atoms with Crippen LogP contribution in [0, 0.1) is 0 Å². The third kappa shape index (κ3) is 9.98. The van der Waals surface area contributed by atoms with Gasteiger partial charge in [0.1, 0.15) is 17.9 Å². The molecule has 1 saturated heterocycles. The summed E-state index contributed by atoms with van der Waals surface area (Å²) >= 11 is 8.50. The Morgan fingerprint density at radius 3 is 2.47 bits per heavy atom. The molecule has 0 aliphatic carbocycles. The molecule has 0 bridgehead atoms. The minimum Gasteiger partial charge on any atom is -0.378 e. The zero-order valence-electron chi connectivity index (χ0n) is 31.3. The van der Waals surface area contributed by atoms with Crippen molar-refractivity contribution in [2.45, 2.75) is 79.5 Å². The number of ether oxygens (including phenoxy) is 1. The molecule has 0 saturated carbocycles. The first-order valence-corrected chi connectivity index (χ1v) is 20.3. The van der Waals surface area contributed by atoms with Gasteiger partial charge in [-0.3, -0.25) is 14.4 Å². The Morgan fingerprint density at radius 1 is 0.927 bits per heavy atom. The van der Waals surface area contributed by atoms with E-state index in [0.717, 1.165) is 43.2 Å². The molecule has 15 heteroatoms. The number of nitrogens with two attached hydrogens (primary N) is 2. The number of amides is 3. The Bertz CT molecular complexity index is 1940. The van der Waals surface area contributed by atoms with Gasteiger partial charge < -0.3 is 46.9 Å². The maximum absolute atomic E-state index is 14.6. The summed E-state index contributed by atoms with van der Waals surface area (Å²) < 4.78 is 5.66. The number of halogens is 1. The van der Waals surface area contributed by atoms with E-state index >= 15 is 0 Å². The average Bonchev–Trinajstić information content (AvgIpc) is 3.62. The summed E-state index contributed by atoms with van der Waals surface area (Å²) in [7, 11) is 1.63. The summed E-state index contributed by atoms with van der Waals surface area (Å²) in [6.45, 7) is 3.80. The van der Waals surface area contributed by atoms with Crippen LogP contribution in [0.3, 0.4) is 0 Å². The number of pyridine rings is 1. The maximum atomic E-state index is 14.6. The van der Waals surface area contributed by atoms with Crippen molar-refractivity contribution >= 4 is 57.8 Å². The molecule has 2 aromatic heterocycles. The highest BCUT2D eigenvalue weighted by molar-refractivity contribution is 7.99. The van der Waals surface area contributed by atoms with Crippen molar-refractivity contribution < 1.29 is 19.1 Å². The van der Waals surface area contributed by atoms with Gasteiger partial charge in [0, 0.05) is 73.4 Å². The van der Waals surface area contributed by atoms with E-state index < -0.39 is 18.1 Å². The van der Waals surface area contributed by atoms with Crippen molar-refractivity contribution in [2.75, 3.05) is 51.3 Å². The van der Waals surface area contributed by atoms with Crippen molar-refractivity contribution in [3.05, 3.63) is 82.6 Å². The normalized spacial score (nSPS) is 20.4. The molecule has 8 N–H and O–H groups in total. The first kappa shape index (κ1) is 40.5. The highest BCUT2D eigenvalue weighted by Gasteiger charge is 2.34. The summed E-state index contributed by atoms with van der Waals surface area (Å²) in [5.74, 6) is -0.246. The number of aromatic nitrogens is 2. The molecule has 6 rings (SSSR count). The molecule has 2 aliphatic heterocycles. The van der Waals surface area contributed by atoms with Crippen molar-refractivity contribution in [1.82, 2.24) is 30.8 Å². The van der Waals surface area contributed by atoms with Gasteiger partial charge in [0.05, 0.1) is 29.2 Å². The third-order valence-electron chi connectivity index (χ3n) is 10.3. The van der Waals surface area contributed by atoms with E-state index in [1.807, 2.05) is 54.7 Å². The van der Waals surface area contributed by atoms with E-state index in [-0.39, 0.29) is 30.7 Å². The molecular weight excluding hydrogens is 738 g/mol. The van der Waals surface area contributed by atoms with E-state index in [1.165, 1.54) is 16.7 Å². The molecular formula is C40H52ClN9O4S. The Balaban J connectivity index is 1.44. The maximum Gasteiger partial charge on any atom is 0.245 e. The number of carbonyl (C=O) groups is 3. The fourth-order valence-corrected chi connectivity index (χ4v) is 8.62. The Morgan fingerprint density at radius 2 is 1.67 bits per heavy atom. The molecule has 4 heterocycles. The summed E-state index contributed by atoms with van der Waals surface area (Å²) in [6, 6.07) is 13.5. The quantitative estimate of drug-likeness (QED) is 0.130. The van der Waals surface area contributed by atoms with E-state index in [4.69, 9.17) is 32.8 Å². The van der Waals surface area contributed by atoms with E-state index in [2.05, 4.69) is 25.8 Å². The number of para-hydroxylation sites is 1. The summed E-state index contributed by atoms with van der Waals surface area (Å²) in [5.41, 5.74) is 15.3. The third-order valence-corrected chi connectivity index (χ3v) is 11.9. The lowest BCUT2D eigenvalue weighted by Gasteiger charge is -2.32. The fourth-order valence-electron chi connectivity index (χ4n) is 7.14. The number of hydrogen-bond donors (Lipinski definition) is 6. The van der Waals surface area contributed by atoms with Crippen molar-refractivity contribution in [3.8, 4) is 0 Å². The first-order valence-electron chi connectivity index (χ1n) is 19.1. The van der Waals surface area contributed by atoms with E-state index in [9.17, 15) is 14.4 Å². The summed E-state index contributed by atoms with van der Waals surface area (Å²) in [4.78, 5) is 56.8. The number of morpholine rings is 1. The van der Waals surface area contributed by atoms with E-state index in [0.29, 0.717) is 83.1 Å². The van der Waals surface area contributed by atoms with Crippen molar-refractivity contribution in [2.24, 2.45) is 11.5 Å². The number of rotatable bonds is 10. The van der Waals surface area contributed by atoms with Crippen LogP contribution in [0.2, 0.25) is 5.02 Å². The molecule has 3 atom stereocenters. The van der Waals surface area contributed by atoms with Crippen LogP contribution in [0.15, 0.2) is 70.7 Å². The second-order valence-electron chi connectivity index (χ2n) is 14.0. The smallest absolute Gasteiger partial charge is 0.245 e. The monoisotopic (exact) mass is 789 g/mol. The molecule has 2 aliphatic rings. The summed E-state index contributed by atoms with van der Waals surface area (Å²) in [6.07, 6.45) is 6.53. The topological polar surface area (TPSA) is 184 Å². The number of fused-ring (bicyclic) bond motifs is 3. The second-order valence-corrected chi connectivity index (χ2v) is 15.5. The van der Waals surface area contributed by atoms with Gasteiger partial charge in [0.15, 0.2) is 0 Å². The predicted octanol–water partition coefficient (Wildman–Crippen LogP) is 3.71. The summed E-state index contributed by atoms with van der Waals surface area (Å²) in [5, 5.41) is 11.1. The highest BCUT2D eigenvalue weighted by Crippen LogP contribution is 2.41. The number of likely N-dealkylation sites (N-methyl/N-ethyl adjacent to an activating group) is 1. The standard InChI is InChI=1S/C40H52ClN9O4S/c1-49-34(21-27-23-44-31-11-4-3-10-28(27)31)39(52)47-24-29-30(41)25-46-37(50-17-19-54-20-18-50)36(29)55-35-14-5-2-9-26(35)22-45-32(13-8-16-43)38(51)48-33(40(49)53)12-6-7-15-42/h2-5,9-11,14,23,25,32-34,44-45H,6-8,12-13,15-22,24,42-43H2,1H3,(H,47,52)(H,48,51)/t32-,33-,34-/m0/s1. The number of carbonyl (C=O) groups excluding carboxylic acids is 3. The minimum absolute atomic E-state index is 0.102. The molecule has 4 aromatic rings. The van der Waals surface area contributed by atoms with Crippen molar-refractivity contribution in [3.63, 3.8) is 0 Å². The minimum atomic E-state index is -0.918. The van der Waals surface area contributed by atoms with Crippen LogP contribution >= 0.6 is 23.4 Å². The van der Waals surface area contributed by atoms with Crippen LogP contribution in [-0.4, -0.2) is 97.2 Å².